The smallest absolute Gasteiger partial charge is 0.194 e. The summed E-state index contributed by atoms with van der Waals surface area (Å²) in [7, 11) is 0. The summed E-state index contributed by atoms with van der Waals surface area (Å²) < 4.78 is 43.2. The fourth-order valence-electron chi connectivity index (χ4n) is 3.86. The first-order valence-electron chi connectivity index (χ1n) is 8.70. The van der Waals surface area contributed by atoms with Gasteiger partial charge in [0.25, 0.3) is 0 Å². The summed E-state index contributed by atoms with van der Waals surface area (Å²) in [5.41, 5.74) is -0.325. The molecule has 2 heterocycles. The van der Waals surface area contributed by atoms with Crippen LogP contribution in [-0.4, -0.2) is 19.3 Å². The lowest BCUT2D eigenvalue weighted by molar-refractivity contribution is 0.364. The zero-order valence-corrected chi connectivity index (χ0v) is 15.0. The Morgan fingerprint density at radius 2 is 1.78 bits per heavy atom. The third-order valence-corrected chi connectivity index (χ3v) is 6.42. The quantitative estimate of drug-likeness (QED) is 0.438. The van der Waals surface area contributed by atoms with E-state index in [2.05, 4.69) is 0 Å². The van der Waals surface area contributed by atoms with E-state index in [9.17, 15) is 18.0 Å². The third kappa shape index (κ3) is 2.43. The molecule has 4 aromatic rings. The van der Waals surface area contributed by atoms with Crippen molar-refractivity contribution < 1.29 is 13.2 Å². The summed E-state index contributed by atoms with van der Waals surface area (Å²) in [6, 6.07) is 11.2. The molecule has 0 saturated carbocycles. The summed E-state index contributed by atoms with van der Waals surface area (Å²) in [6.07, 6.45) is -0.431. The number of halogens is 3. The third-order valence-electron chi connectivity index (χ3n) is 5.19. The van der Waals surface area contributed by atoms with Crippen molar-refractivity contribution in [3.63, 3.8) is 0 Å². The SMILES string of the molecule is O=c1c2ccccc2c2sc(N3CC[C@@H](F)C3)cc2c2c(F)c(F)ccc12. The predicted octanol–water partition coefficient (Wildman–Crippen LogP) is 5.39. The van der Waals surface area contributed by atoms with Gasteiger partial charge in [0.2, 0.25) is 0 Å². The molecule has 6 heteroatoms. The zero-order valence-electron chi connectivity index (χ0n) is 14.1. The van der Waals surface area contributed by atoms with E-state index in [4.69, 9.17) is 0 Å². The molecule has 0 bridgehead atoms. The molecule has 3 aromatic carbocycles. The number of fused-ring (bicyclic) bond motifs is 5. The van der Waals surface area contributed by atoms with E-state index >= 15 is 0 Å². The van der Waals surface area contributed by atoms with Crippen LogP contribution in [0, 0.1) is 11.6 Å². The second-order valence-corrected chi connectivity index (χ2v) is 7.85. The second kappa shape index (κ2) is 5.96. The molecule has 0 amide bonds. The van der Waals surface area contributed by atoms with Crippen molar-refractivity contribution >= 4 is 48.0 Å². The van der Waals surface area contributed by atoms with Crippen LogP contribution in [0.25, 0.3) is 31.6 Å². The molecule has 0 unspecified atom stereocenters. The topological polar surface area (TPSA) is 20.3 Å². The number of hydrogen-bond acceptors (Lipinski definition) is 3. The highest BCUT2D eigenvalue weighted by Crippen LogP contribution is 2.41. The van der Waals surface area contributed by atoms with Gasteiger partial charge in [0.05, 0.1) is 5.00 Å². The molecular formula is C21H14F3NOS. The van der Waals surface area contributed by atoms with Gasteiger partial charge in [-0.05, 0) is 24.6 Å². The van der Waals surface area contributed by atoms with Crippen molar-refractivity contribution in [2.24, 2.45) is 0 Å². The molecule has 0 aliphatic carbocycles. The van der Waals surface area contributed by atoms with Gasteiger partial charge in [-0.15, -0.1) is 11.3 Å². The highest BCUT2D eigenvalue weighted by Gasteiger charge is 2.25. The number of alkyl halides is 1. The first-order valence-corrected chi connectivity index (χ1v) is 9.51. The van der Waals surface area contributed by atoms with Crippen LogP contribution >= 0.6 is 11.3 Å². The lowest BCUT2D eigenvalue weighted by Gasteiger charge is -2.13. The van der Waals surface area contributed by atoms with Crippen LogP contribution in [0.5, 0.6) is 0 Å². The van der Waals surface area contributed by atoms with Crippen molar-refractivity contribution in [3.8, 4) is 0 Å². The standard InChI is InChI=1S/C21H14F3NOS/c22-11-7-8-25(10-11)17-9-15-18-14(5-6-16(23)19(18)24)20(26)12-3-1-2-4-13(12)21(15)27-17/h1-6,9,11H,7-8,10H2/t11-/m1/s1. The molecule has 1 aromatic heterocycles. The number of nitrogens with zero attached hydrogens (tertiary/aromatic N) is 1. The van der Waals surface area contributed by atoms with E-state index in [1.165, 1.54) is 17.4 Å². The number of thiophene rings is 1. The zero-order chi connectivity index (χ0) is 18.7. The Morgan fingerprint density at radius 1 is 1.00 bits per heavy atom. The van der Waals surface area contributed by atoms with E-state index in [1.54, 1.807) is 18.2 Å². The van der Waals surface area contributed by atoms with Crippen molar-refractivity contribution in [1.82, 2.24) is 0 Å². The Balaban J connectivity index is 2.00. The fourth-order valence-corrected chi connectivity index (χ4v) is 5.10. The monoisotopic (exact) mass is 385 g/mol. The molecule has 1 saturated heterocycles. The van der Waals surface area contributed by atoms with Crippen LogP contribution < -0.4 is 10.3 Å². The van der Waals surface area contributed by atoms with Crippen LogP contribution in [0.3, 0.4) is 0 Å². The van der Waals surface area contributed by atoms with E-state index < -0.39 is 17.8 Å². The van der Waals surface area contributed by atoms with Crippen molar-refractivity contribution in [2.45, 2.75) is 12.6 Å². The van der Waals surface area contributed by atoms with Crippen LogP contribution in [0.15, 0.2) is 47.3 Å². The number of benzene rings is 2. The minimum atomic E-state index is -1.02. The van der Waals surface area contributed by atoms with E-state index in [1.807, 2.05) is 17.0 Å². The molecule has 2 nitrogen and oxygen atoms in total. The van der Waals surface area contributed by atoms with Gasteiger partial charge in [0.15, 0.2) is 17.1 Å². The van der Waals surface area contributed by atoms with E-state index in [0.717, 1.165) is 11.1 Å². The van der Waals surface area contributed by atoms with Gasteiger partial charge in [-0.2, -0.15) is 0 Å². The lowest BCUT2D eigenvalue weighted by atomic mass is 10.1. The van der Waals surface area contributed by atoms with Gasteiger partial charge in [-0.1, -0.05) is 24.3 Å². The largest absolute Gasteiger partial charge is 0.360 e. The van der Waals surface area contributed by atoms with Crippen LogP contribution in [0.2, 0.25) is 0 Å². The lowest BCUT2D eigenvalue weighted by Crippen LogP contribution is -2.18. The summed E-state index contributed by atoms with van der Waals surface area (Å²) >= 11 is 1.39. The van der Waals surface area contributed by atoms with Crippen molar-refractivity contribution in [3.05, 3.63) is 64.3 Å². The Kier molecular flexibility index (Phi) is 3.65. The number of anilines is 1. The molecule has 27 heavy (non-hydrogen) atoms. The Bertz CT molecular complexity index is 1280. The average Bonchev–Trinajstić information content (AvgIpc) is 3.27. The highest BCUT2D eigenvalue weighted by molar-refractivity contribution is 7.23. The molecule has 136 valence electrons. The van der Waals surface area contributed by atoms with Crippen LogP contribution in [0.4, 0.5) is 18.2 Å². The maximum absolute atomic E-state index is 14.8. The van der Waals surface area contributed by atoms with Crippen molar-refractivity contribution in [2.75, 3.05) is 18.0 Å². The van der Waals surface area contributed by atoms with E-state index in [-0.39, 0.29) is 16.2 Å². The summed E-state index contributed by atoms with van der Waals surface area (Å²) in [5.74, 6) is -2.01. The molecule has 1 atom stereocenters. The molecule has 1 fully saturated rings. The Hall–Kier alpha value is -2.60. The maximum Gasteiger partial charge on any atom is 0.194 e. The Morgan fingerprint density at radius 3 is 2.52 bits per heavy atom. The maximum atomic E-state index is 14.8. The summed E-state index contributed by atoms with van der Waals surface area (Å²) in [6.45, 7) is 0.873. The fraction of sp³-hybridized carbons (Fsp3) is 0.190. The second-order valence-electron chi connectivity index (χ2n) is 6.82. The minimum Gasteiger partial charge on any atom is -0.360 e. The molecule has 1 aliphatic heterocycles. The summed E-state index contributed by atoms with van der Waals surface area (Å²) in [4.78, 5) is 14.9. The van der Waals surface area contributed by atoms with Crippen LogP contribution in [0.1, 0.15) is 6.42 Å². The highest BCUT2D eigenvalue weighted by atomic mass is 32.1. The molecule has 0 radical (unpaired) electrons. The van der Waals surface area contributed by atoms with Gasteiger partial charge in [0, 0.05) is 44.7 Å². The average molecular weight is 385 g/mol. The van der Waals surface area contributed by atoms with Gasteiger partial charge >= 0.3 is 0 Å². The Labute approximate surface area is 156 Å². The first kappa shape index (κ1) is 16.6. The normalized spacial score (nSPS) is 17.4. The number of hydrogen-bond donors (Lipinski definition) is 0. The molecule has 0 N–H and O–H groups in total. The molecule has 5 rings (SSSR count). The van der Waals surface area contributed by atoms with E-state index in [0.29, 0.717) is 40.4 Å². The molecule has 0 spiro atoms. The first-order chi connectivity index (χ1) is 13.0. The molecular weight excluding hydrogens is 371 g/mol. The molecule has 1 aliphatic rings. The van der Waals surface area contributed by atoms with Crippen LogP contribution in [-0.2, 0) is 0 Å². The van der Waals surface area contributed by atoms with Gasteiger partial charge < -0.3 is 4.90 Å². The van der Waals surface area contributed by atoms with Gasteiger partial charge in [-0.25, -0.2) is 13.2 Å². The van der Waals surface area contributed by atoms with Crippen molar-refractivity contribution in [1.29, 1.82) is 0 Å². The number of rotatable bonds is 1. The summed E-state index contributed by atoms with van der Waals surface area (Å²) in [5, 5.41) is 2.59. The van der Waals surface area contributed by atoms with Gasteiger partial charge in [-0.3, -0.25) is 4.79 Å². The predicted molar refractivity (Wildman–Crippen MR) is 105 cm³/mol. The van der Waals surface area contributed by atoms with Gasteiger partial charge in [0.1, 0.15) is 6.17 Å². The minimum absolute atomic E-state index is 0.00954.